The monoisotopic (exact) mass is 241 g/mol. The van der Waals surface area contributed by atoms with Crippen LogP contribution in [-0.2, 0) is 12.8 Å². The van der Waals surface area contributed by atoms with Crippen LogP contribution >= 0.6 is 0 Å². The number of rotatable bonds is 3. The Balaban J connectivity index is 1.93. The van der Waals surface area contributed by atoms with Crippen LogP contribution in [0.25, 0.3) is 0 Å². The number of hydrogen-bond donors (Lipinski definition) is 1. The molecule has 0 bridgehead atoms. The molecule has 0 saturated heterocycles. The lowest BCUT2D eigenvalue weighted by Gasteiger charge is -2.27. The second-order valence-corrected chi connectivity index (χ2v) is 6.08. The zero-order chi connectivity index (χ0) is 12.8. The highest BCUT2D eigenvalue weighted by Crippen LogP contribution is 2.41. The smallest absolute Gasteiger partial charge is 0.144 e. The fourth-order valence-corrected chi connectivity index (χ4v) is 2.86. The maximum Gasteiger partial charge on any atom is 0.144 e. The van der Waals surface area contributed by atoms with Gasteiger partial charge < -0.3 is 5.32 Å². The van der Waals surface area contributed by atoms with Gasteiger partial charge in [-0.15, -0.1) is 0 Å². The van der Waals surface area contributed by atoms with Crippen molar-refractivity contribution in [1.82, 2.24) is 4.98 Å². The Bertz CT molecular complexity index is 521. The second kappa shape index (κ2) is 3.98. The van der Waals surface area contributed by atoms with Crippen molar-refractivity contribution in [2.24, 2.45) is 5.92 Å². The molecule has 1 N–H and O–H groups in total. The maximum atomic E-state index is 9.27. The molecule has 0 aliphatic heterocycles. The average molecular weight is 241 g/mol. The predicted molar refractivity (Wildman–Crippen MR) is 71.4 cm³/mol. The normalized spacial score (nSPS) is 18.3. The number of nitrogens with zero attached hydrogens (tertiary/aromatic N) is 2. The first kappa shape index (κ1) is 11.5. The summed E-state index contributed by atoms with van der Waals surface area (Å²) in [6.07, 6.45) is 5.87. The van der Waals surface area contributed by atoms with Crippen molar-refractivity contribution in [2.75, 3.05) is 5.32 Å². The molecule has 0 unspecified atom stereocenters. The fourth-order valence-electron chi connectivity index (χ4n) is 2.86. The zero-order valence-corrected chi connectivity index (χ0v) is 11.1. The van der Waals surface area contributed by atoms with Crippen LogP contribution in [0.1, 0.15) is 49.9 Å². The molecular formula is C15H19N3. The number of aryl methyl sites for hydroxylation is 2. The van der Waals surface area contributed by atoms with E-state index in [2.05, 4.69) is 30.2 Å². The van der Waals surface area contributed by atoms with E-state index in [1.807, 2.05) is 6.07 Å². The highest BCUT2D eigenvalue weighted by Gasteiger charge is 2.38. The van der Waals surface area contributed by atoms with Crippen molar-refractivity contribution < 1.29 is 0 Å². The molecule has 94 valence electrons. The van der Waals surface area contributed by atoms with E-state index in [0.29, 0.717) is 5.56 Å². The van der Waals surface area contributed by atoms with E-state index >= 15 is 0 Å². The van der Waals surface area contributed by atoms with Crippen LogP contribution in [0.5, 0.6) is 0 Å². The molecule has 1 aromatic rings. The molecule has 1 heterocycles. The molecule has 3 rings (SSSR count). The summed E-state index contributed by atoms with van der Waals surface area (Å²) in [4.78, 5) is 4.69. The van der Waals surface area contributed by atoms with Gasteiger partial charge in [0.1, 0.15) is 11.9 Å². The summed E-state index contributed by atoms with van der Waals surface area (Å²) < 4.78 is 0. The molecule has 0 amide bonds. The molecule has 0 atom stereocenters. The third-order valence-electron chi connectivity index (χ3n) is 4.21. The number of hydrogen-bond acceptors (Lipinski definition) is 3. The summed E-state index contributed by atoms with van der Waals surface area (Å²) >= 11 is 0. The van der Waals surface area contributed by atoms with Gasteiger partial charge in [0.25, 0.3) is 0 Å². The van der Waals surface area contributed by atoms with Crippen LogP contribution in [0.3, 0.4) is 0 Å². The minimum atomic E-state index is 0.0471. The third kappa shape index (κ3) is 1.96. The topological polar surface area (TPSA) is 48.7 Å². The van der Waals surface area contributed by atoms with Crippen LogP contribution in [0, 0.1) is 17.2 Å². The fraction of sp³-hybridized carbons (Fsp3) is 0.600. The van der Waals surface area contributed by atoms with Crippen LogP contribution in [-0.4, -0.2) is 10.5 Å². The molecule has 2 aliphatic carbocycles. The third-order valence-corrected chi connectivity index (χ3v) is 4.21. The molecule has 2 aliphatic rings. The first-order valence-electron chi connectivity index (χ1n) is 6.81. The molecule has 3 heteroatoms. The van der Waals surface area contributed by atoms with E-state index in [1.54, 1.807) is 0 Å². The Morgan fingerprint density at radius 2 is 2.17 bits per heavy atom. The minimum Gasteiger partial charge on any atom is -0.364 e. The number of aromatic nitrogens is 1. The Kier molecular flexibility index (Phi) is 2.55. The molecular weight excluding hydrogens is 222 g/mol. The molecule has 18 heavy (non-hydrogen) atoms. The second-order valence-electron chi connectivity index (χ2n) is 6.08. The predicted octanol–water partition coefficient (Wildman–Crippen LogP) is 3.04. The SMILES string of the molecule is CC(C)(Nc1nc2c(cc1C#N)CCC2)C1CC1. The van der Waals surface area contributed by atoms with E-state index in [0.717, 1.165) is 24.6 Å². The lowest BCUT2D eigenvalue weighted by Crippen LogP contribution is -2.34. The minimum absolute atomic E-state index is 0.0471. The first-order chi connectivity index (χ1) is 8.60. The van der Waals surface area contributed by atoms with Crippen molar-refractivity contribution in [2.45, 2.75) is 51.5 Å². The van der Waals surface area contributed by atoms with Crippen molar-refractivity contribution in [1.29, 1.82) is 5.26 Å². The number of anilines is 1. The standard InChI is InChI=1S/C15H19N3/c1-15(2,12-6-7-12)18-14-11(9-16)8-10-4-3-5-13(10)17-14/h8,12H,3-7H2,1-2H3,(H,17,18). The van der Waals surface area contributed by atoms with Crippen molar-refractivity contribution >= 4 is 5.82 Å². The summed E-state index contributed by atoms with van der Waals surface area (Å²) in [7, 11) is 0. The lowest BCUT2D eigenvalue weighted by atomic mass is 9.98. The van der Waals surface area contributed by atoms with Crippen LogP contribution < -0.4 is 5.32 Å². The number of nitrogens with one attached hydrogen (secondary N) is 1. The first-order valence-corrected chi connectivity index (χ1v) is 6.81. The maximum absolute atomic E-state index is 9.27. The molecule has 1 saturated carbocycles. The van der Waals surface area contributed by atoms with E-state index in [1.165, 1.54) is 30.5 Å². The molecule has 0 aromatic carbocycles. The van der Waals surface area contributed by atoms with E-state index in [4.69, 9.17) is 0 Å². The van der Waals surface area contributed by atoms with Gasteiger partial charge in [0.15, 0.2) is 0 Å². The van der Waals surface area contributed by atoms with E-state index in [-0.39, 0.29) is 5.54 Å². The molecule has 1 aromatic heterocycles. The summed E-state index contributed by atoms with van der Waals surface area (Å²) in [5.74, 6) is 1.51. The van der Waals surface area contributed by atoms with Crippen molar-refractivity contribution in [3.63, 3.8) is 0 Å². The van der Waals surface area contributed by atoms with Gasteiger partial charge in [-0.05, 0) is 63.5 Å². The van der Waals surface area contributed by atoms with Gasteiger partial charge in [-0.2, -0.15) is 5.26 Å². The lowest BCUT2D eigenvalue weighted by molar-refractivity contribution is 0.492. The zero-order valence-electron chi connectivity index (χ0n) is 11.1. The summed E-state index contributed by atoms with van der Waals surface area (Å²) in [5.41, 5.74) is 3.19. The Labute approximate surface area is 108 Å². The Morgan fingerprint density at radius 1 is 1.39 bits per heavy atom. The summed E-state index contributed by atoms with van der Waals surface area (Å²) in [6, 6.07) is 4.31. The van der Waals surface area contributed by atoms with Gasteiger partial charge in [0.2, 0.25) is 0 Å². The number of pyridine rings is 1. The van der Waals surface area contributed by atoms with Crippen LogP contribution in [0.15, 0.2) is 6.07 Å². The van der Waals surface area contributed by atoms with Gasteiger partial charge in [0, 0.05) is 11.2 Å². The molecule has 1 fully saturated rings. The van der Waals surface area contributed by atoms with Gasteiger partial charge in [-0.25, -0.2) is 4.98 Å². The van der Waals surface area contributed by atoms with E-state index in [9.17, 15) is 5.26 Å². The number of fused-ring (bicyclic) bond motifs is 1. The molecule has 3 nitrogen and oxygen atoms in total. The average Bonchev–Trinajstić information content (AvgIpc) is 3.09. The molecule has 0 radical (unpaired) electrons. The Morgan fingerprint density at radius 3 is 2.83 bits per heavy atom. The van der Waals surface area contributed by atoms with Gasteiger partial charge in [-0.1, -0.05) is 0 Å². The van der Waals surface area contributed by atoms with Crippen LogP contribution in [0.4, 0.5) is 5.82 Å². The summed E-state index contributed by atoms with van der Waals surface area (Å²) in [6.45, 7) is 4.42. The summed E-state index contributed by atoms with van der Waals surface area (Å²) in [5, 5.41) is 12.8. The molecule has 0 spiro atoms. The highest BCUT2D eigenvalue weighted by molar-refractivity contribution is 5.56. The van der Waals surface area contributed by atoms with Gasteiger partial charge in [0.05, 0.1) is 5.56 Å². The van der Waals surface area contributed by atoms with E-state index < -0.39 is 0 Å². The quantitative estimate of drug-likeness (QED) is 0.884. The highest BCUT2D eigenvalue weighted by atomic mass is 15.1. The van der Waals surface area contributed by atoms with Crippen molar-refractivity contribution in [3.8, 4) is 6.07 Å². The largest absolute Gasteiger partial charge is 0.364 e. The van der Waals surface area contributed by atoms with Gasteiger partial charge >= 0.3 is 0 Å². The number of nitriles is 1. The van der Waals surface area contributed by atoms with Crippen molar-refractivity contribution in [3.05, 3.63) is 22.9 Å². The Hall–Kier alpha value is -1.56. The van der Waals surface area contributed by atoms with Crippen LogP contribution in [0.2, 0.25) is 0 Å². The van der Waals surface area contributed by atoms with Gasteiger partial charge in [-0.3, -0.25) is 0 Å².